The van der Waals surface area contributed by atoms with Crippen LogP contribution in [0.25, 0.3) is 11.4 Å². The lowest BCUT2D eigenvalue weighted by atomic mass is 10.2. The highest BCUT2D eigenvalue weighted by Crippen LogP contribution is 2.43. The maximum Gasteiger partial charge on any atom is 0.161 e. The maximum atomic E-state index is 13.3. The summed E-state index contributed by atoms with van der Waals surface area (Å²) in [5.74, 6) is 1.52. The van der Waals surface area contributed by atoms with E-state index in [0.717, 1.165) is 27.2 Å². The van der Waals surface area contributed by atoms with Crippen LogP contribution in [0.15, 0.2) is 18.2 Å². The number of nitrogens with zero attached hydrogens (tertiary/aromatic N) is 2. The van der Waals surface area contributed by atoms with Crippen molar-refractivity contribution in [3.63, 3.8) is 0 Å². The lowest BCUT2D eigenvalue weighted by molar-refractivity contribution is 0.628. The molecule has 21 heavy (non-hydrogen) atoms. The summed E-state index contributed by atoms with van der Waals surface area (Å²) in [4.78, 5) is 9.24. The van der Waals surface area contributed by atoms with Crippen molar-refractivity contribution in [3.05, 3.63) is 38.3 Å². The molecule has 0 unspecified atom stereocenters. The Bertz CT molecular complexity index is 689. The van der Waals surface area contributed by atoms with Gasteiger partial charge in [0.2, 0.25) is 0 Å². The number of hydrogen-bond donors (Lipinski definition) is 1. The van der Waals surface area contributed by atoms with Crippen LogP contribution in [-0.4, -0.2) is 16.5 Å². The van der Waals surface area contributed by atoms with Crippen LogP contribution >= 0.6 is 34.2 Å². The summed E-state index contributed by atoms with van der Waals surface area (Å²) < 4.78 is 14.4. The molecule has 1 aliphatic carbocycles. The van der Waals surface area contributed by atoms with Gasteiger partial charge in [-0.05, 0) is 60.6 Å². The first-order valence-corrected chi connectivity index (χ1v) is 8.32. The first-order chi connectivity index (χ1) is 10.1. The fourth-order valence-electron chi connectivity index (χ4n) is 2.14. The second-order valence-electron chi connectivity index (χ2n) is 5.03. The van der Waals surface area contributed by atoms with Crippen molar-refractivity contribution in [1.82, 2.24) is 9.97 Å². The summed E-state index contributed by atoms with van der Waals surface area (Å²) in [6.45, 7) is 2.82. The molecule has 1 aromatic carbocycles. The molecule has 110 valence electrons. The van der Waals surface area contributed by atoms with Crippen LogP contribution in [0.2, 0.25) is 5.02 Å². The van der Waals surface area contributed by atoms with Crippen LogP contribution in [0.1, 0.15) is 31.4 Å². The van der Waals surface area contributed by atoms with Crippen LogP contribution in [0.3, 0.4) is 0 Å². The Labute approximate surface area is 141 Å². The fraction of sp³-hybridized carbons (Fsp3) is 0.333. The van der Waals surface area contributed by atoms with Crippen molar-refractivity contribution in [3.8, 4) is 11.4 Å². The molecular weight excluding hydrogens is 404 g/mol. The molecule has 1 saturated carbocycles. The highest BCUT2D eigenvalue weighted by Gasteiger charge is 2.29. The molecule has 2 aromatic rings. The average Bonchev–Trinajstić information content (AvgIpc) is 3.29. The number of halogens is 3. The third-order valence-corrected chi connectivity index (χ3v) is 4.72. The van der Waals surface area contributed by atoms with E-state index < -0.39 is 5.82 Å². The van der Waals surface area contributed by atoms with E-state index in [-0.39, 0.29) is 5.02 Å². The minimum Gasteiger partial charge on any atom is -0.369 e. The number of benzene rings is 1. The van der Waals surface area contributed by atoms with Gasteiger partial charge in [0.25, 0.3) is 0 Å². The van der Waals surface area contributed by atoms with Gasteiger partial charge in [-0.2, -0.15) is 0 Å². The van der Waals surface area contributed by atoms with Crippen molar-refractivity contribution < 1.29 is 4.39 Å². The molecule has 3 rings (SSSR count). The molecular formula is C15H14ClFIN3. The smallest absolute Gasteiger partial charge is 0.161 e. The Kier molecular flexibility index (Phi) is 4.31. The van der Waals surface area contributed by atoms with Gasteiger partial charge >= 0.3 is 0 Å². The quantitative estimate of drug-likeness (QED) is 0.723. The first-order valence-electron chi connectivity index (χ1n) is 6.87. The van der Waals surface area contributed by atoms with E-state index in [1.165, 1.54) is 18.9 Å². The highest BCUT2D eigenvalue weighted by atomic mass is 127. The second kappa shape index (κ2) is 6.04. The van der Waals surface area contributed by atoms with Crippen molar-refractivity contribution >= 4 is 40.0 Å². The third kappa shape index (κ3) is 3.13. The zero-order chi connectivity index (χ0) is 15.0. The monoisotopic (exact) mass is 417 g/mol. The Morgan fingerprint density at radius 2 is 2.14 bits per heavy atom. The summed E-state index contributed by atoms with van der Waals surface area (Å²) in [7, 11) is 0. The molecule has 6 heteroatoms. The average molecular weight is 418 g/mol. The Balaban J connectivity index is 2.10. The molecule has 0 amide bonds. The standard InChI is InChI=1S/C15H14ClFIN3/c1-2-19-15-12(18)13(8-3-4-8)20-14(21-15)9-5-6-11(17)10(16)7-9/h5-8H,2-4H2,1H3,(H,19,20,21). The predicted molar refractivity (Wildman–Crippen MR) is 91.3 cm³/mol. The number of nitrogens with one attached hydrogen (secondary N) is 1. The van der Waals surface area contributed by atoms with Crippen molar-refractivity contribution in [2.45, 2.75) is 25.7 Å². The maximum absolute atomic E-state index is 13.3. The Morgan fingerprint density at radius 3 is 2.76 bits per heavy atom. The molecule has 0 atom stereocenters. The molecule has 0 radical (unpaired) electrons. The highest BCUT2D eigenvalue weighted by molar-refractivity contribution is 14.1. The van der Waals surface area contributed by atoms with E-state index in [2.05, 4.69) is 37.9 Å². The first kappa shape index (κ1) is 15.0. The van der Waals surface area contributed by atoms with Crippen LogP contribution in [0.5, 0.6) is 0 Å². The summed E-state index contributed by atoms with van der Waals surface area (Å²) in [5, 5.41) is 3.36. The van der Waals surface area contributed by atoms with Gasteiger partial charge in [-0.3, -0.25) is 0 Å². The van der Waals surface area contributed by atoms with Gasteiger partial charge in [0, 0.05) is 18.0 Å². The van der Waals surface area contributed by atoms with E-state index in [1.54, 1.807) is 12.1 Å². The predicted octanol–water partition coefficient (Wildman–Crippen LogP) is 4.85. The van der Waals surface area contributed by atoms with Crippen molar-refractivity contribution in [2.24, 2.45) is 0 Å². The molecule has 0 spiro atoms. The molecule has 1 heterocycles. The molecule has 1 aliphatic rings. The molecule has 1 fully saturated rings. The summed E-state index contributed by atoms with van der Waals surface area (Å²) in [6.07, 6.45) is 2.34. The van der Waals surface area contributed by atoms with Gasteiger partial charge in [-0.1, -0.05) is 11.6 Å². The van der Waals surface area contributed by atoms with Gasteiger partial charge in [0.15, 0.2) is 5.82 Å². The van der Waals surface area contributed by atoms with Gasteiger partial charge in [-0.15, -0.1) is 0 Å². The normalized spacial score (nSPS) is 14.3. The van der Waals surface area contributed by atoms with Crippen molar-refractivity contribution in [1.29, 1.82) is 0 Å². The van der Waals surface area contributed by atoms with Gasteiger partial charge in [0.05, 0.1) is 14.3 Å². The second-order valence-corrected chi connectivity index (χ2v) is 6.51. The molecule has 0 bridgehead atoms. The number of anilines is 1. The minimum absolute atomic E-state index is 0.0904. The topological polar surface area (TPSA) is 37.8 Å². The van der Waals surface area contributed by atoms with Crippen molar-refractivity contribution in [2.75, 3.05) is 11.9 Å². The Morgan fingerprint density at radius 1 is 1.38 bits per heavy atom. The zero-order valence-electron chi connectivity index (χ0n) is 11.5. The van der Waals surface area contributed by atoms with E-state index in [1.807, 2.05) is 6.92 Å². The van der Waals surface area contributed by atoms with Crippen LogP contribution in [0.4, 0.5) is 10.2 Å². The van der Waals surface area contributed by atoms with Crippen LogP contribution < -0.4 is 5.32 Å². The third-order valence-electron chi connectivity index (χ3n) is 3.36. The summed E-state index contributed by atoms with van der Waals surface area (Å²) in [5.41, 5.74) is 1.82. The molecule has 0 saturated heterocycles. The largest absolute Gasteiger partial charge is 0.369 e. The number of rotatable bonds is 4. The summed E-state index contributed by atoms with van der Waals surface area (Å²) >= 11 is 8.16. The fourth-order valence-corrected chi connectivity index (χ4v) is 3.19. The van der Waals surface area contributed by atoms with Crippen LogP contribution in [-0.2, 0) is 0 Å². The van der Waals surface area contributed by atoms with E-state index >= 15 is 0 Å². The SMILES string of the molecule is CCNc1nc(-c2ccc(F)c(Cl)c2)nc(C2CC2)c1I. The number of aromatic nitrogens is 2. The number of hydrogen-bond acceptors (Lipinski definition) is 3. The lowest BCUT2D eigenvalue weighted by Gasteiger charge is -2.12. The van der Waals surface area contributed by atoms with E-state index in [9.17, 15) is 4.39 Å². The molecule has 3 nitrogen and oxygen atoms in total. The van der Waals surface area contributed by atoms with Gasteiger partial charge in [-0.25, -0.2) is 14.4 Å². The zero-order valence-corrected chi connectivity index (χ0v) is 14.4. The summed E-state index contributed by atoms with van der Waals surface area (Å²) in [6, 6.07) is 4.59. The molecule has 0 aliphatic heterocycles. The van der Waals surface area contributed by atoms with Gasteiger partial charge in [0.1, 0.15) is 11.6 Å². The van der Waals surface area contributed by atoms with Gasteiger partial charge < -0.3 is 5.32 Å². The van der Waals surface area contributed by atoms with E-state index in [0.29, 0.717) is 11.7 Å². The Hall–Kier alpha value is -0.950. The molecule has 1 N–H and O–H groups in total. The van der Waals surface area contributed by atoms with E-state index in [4.69, 9.17) is 11.6 Å². The van der Waals surface area contributed by atoms with Crippen LogP contribution in [0, 0.1) is 9.39 Å². The molecule has 1 aromatic heterocycles. The minimum atomic E-state index is -0.430. The lowest BCUT2D eigenvalue weighted by Crippen LogP contribution is -2.07.